The van der Waals surface area contributed by atoms with Crippen LogP contribution in [-0.4, -0.2) is 10.9 Å². The summed E-state index contributed by atoms with van der Waals surface area (Å²) in [6, 6.07) is 4.01. The van der Waals surface area contributed by atoms with Crippen LogP contribution in [-0.2, 0) is 0 Å². The molecule has 1 aromatic heterocycles. The van der Waals surface area contributed by atoms with Crippen LogP contribution in [0.2, 0.25) is 0 Å². The monoisotopic (exact) mass is 181 g/mol. The molecule has 12 heavy (non-hydrogen) atoms. The number of hydrogen-bond acceptors (Lipinski definition) is 3. The Hall–Kier alpha value is -1.09. The van der Waals surface area contributed by atoms with Crippen LogP contribution in [0.3, 0.4) is 0 Å². The van der Waals surface area contributed by atoms with Gasteiger partial charge in [-0.1, -0.05) is 18.1 Å². The van der Waals surface area contributed by atoms with Crippen LogP contribution in [0.1, 0.15) is 18.2 Å². The third kappa shape index (κ3) is 2.51. The molecule has 0 aromatic carbocycles. The van der Waals surface area contributed by atoms with E-state index in [-0.39, 0.29) is 0 Å². The Morgan fingerprint density at radius 2 is 2.58 bits per heavy atom. The van der Waals surface area contributed by atoms with E-state index in [1.54, 1.807) is 11.3 Å². The molecule has 0 atom stereocenters. The highest BCUT2D eigenvalue weighted by molar-refractivity contribution is 7.10. The number of nitrogens with zero attached hydrogens (tertiary/aromatic N) is 1. The maximum absolute atomic E-state index is 8.49. The Kier molecular flexibility index (Phi) is 3.54. The summed E-state index contributed by atoms with van der Waals surface area (Å²) in [7, 11) is 0. The fourth-order valence-electron chi connectivity index (χ4n) is 0.786. The van der Waals surface area contributed by atoms with Crippen molar-refractivity contribution >= 4 is 23.1 Å². The predicted molar refractivity (Wildman–Crippen MR) is 52.9 cm³/mol. The van der Waals surface area contributed by atoms with Crippen LogP contribution in [0.25, 0.3) is 6.08 Å². The fraction of sp³-hybridized carbons (Fsp3) is 0.222. The second-order valence-corrected chi connectivity index (χ2v) is 3.27. The molecule has 2 nitrogen and oxygen atoms in total. The van der Waals surface area contributed by atoms with Crippen molar-refractivity contribution in [2.75, 3.05) is 0 Å². The summed E-state index contributed by atoms with van der Waals surface area (Å²) in [5.74, 6) is 0. The van der Waals surface area contributed by atoms with E-state index >= 15 is 0 Å². The van der Waals surface area contributed by atoms with Crippen LogP contribution in [0.15, 0.2) is 28.7 Å². The van der Waals surface area contributed by atoms with Gasteiger partial charge >= 0.3 is 0 Å². The SMILES string of the molecule is CCC(/C=C/c1cccs1)=NO. The second kappa shape index (κ2) is 4.72. The lowest BCUT2D eigenvalue weighted by Crippen LogP contribution is -1.88. The molecule has 0 fully saturated rings. The molecule has 1 heterocycles. The smallest absolute Gasteiger partial charge is 0.0793 e. The molecular formula is C9H11NOS. The zero-order chi connectivity index (χ0) is 8.81. The van der Waals surface area contributed by atoms with Crippen molar-refractivity contribution < 1.29 is 5.21 Å². The van der Waals surface area contributed by atoms with Crippen molar-refractivity contribution in [1.29, 1.82) is 0 Å². The minimum atomic E-state index is 0.698. The summed E-state index contributed by atoms with van der Waals surface area (Å²) in [4.78, 5) is 1.17. The van der Waals surface area contributed by atoms with E-state index in [1.807, 2.05) is 36.6 Å². The van der Waals surface area contributed by atoms with Crippen LogP contribution in [0.4, 0.5) is 0 Å². The fourth-order valence-corrected chi connectivity index (χ4v) is 1.40. The van der Waals surface area contributed by atoms with Crippen molar-refractivity contribution in [2.45, 2.75) is 13.3 Å². The highest BCUT2D eigenvalue weighted by Crippen LogP contribution is 2.10. The number of hydrogen-bond donors (Lipinski definition) is 1. The van der Waals surface area contributed by atoms with E-state index in [4.69, 9.17) is 5.21 Å². The molecule has 1 N–H and O–H groups in total. The molecular weight excluding hydrogens is 170 g/mol. The Bertz CT molecular complexity index is 275. The summed E-state index contributed by atoms with van der Waals surface area (Å²) in [5.41, 5.74) is 0.698. The lowest BCUT2D eigenvalue weighted by Gasteiger charge is -1.89. The Labute approximate surface area is 75.9 Å². The molecule has 0 amide bonds. The molecule has 1 aromatic rings. The summed E-state index contributed by atoms with van der Waals surface area (Å²) in [6.45, 7) is 1.95. The van der Waals surface area contributed by atoms with Crippen molar-refractivity contribution in [1.82, 2.24) is 0 Å². The molecule has 0 saturated carbocycles. The molecule has 64 valence electrons. The topological polar surface area (TPSA) is 32.6 Å². The molecule has 0 bridgehead atoms. The highest BCUT2D eigenvalue weighted by Gasteiger charge is 1.90. The standard InChI is InChI=1S/C9H11NOS/c1-2-8(10-11)5-6-9-4-3-7-12-9/h3-7,11H,2H2,1H3/b6-5+,10-8?. The van der Waals surface area contributed by atoms with E-state index in [0.717, 1.165) is 6.42 Å². The molecule has 0 aliphatic rings. The lowest BCUT2D eigenvalue weighted by molar-refractivity contribution is 0.318. The van der Waals surface area contributed by atoms with Gasteiger partial charge in [0.1, 0.15) is 0 Å². The van der Waals surface area contributed by atoms with Crippen molar-refractivity contribution in [3.8, 4) is 0 Å². The molecule has 0 aliphatic heterocycles. The van der Waals surface area contributed by atoms with Gasteiger partial charge in [-0.3, -0.25) is 0 Å². The maximum atomic E-state index is 8.49. The minimum absolute atomic E-state index is 0.698. The first-order chi connectivity index (χ1) is 5.86. The van der Waals surface area contributed by atoms with Crippen LogP contribution in [0, 0.1) is 0 Å². The average molecular weight is 181 g/mol. The minimum Gasteiger partial charge on any atom is -0.411 e. The third-order valence-corrected chi connectivity index (χ3v) is 2.31. The van der Waals surface area contributed by atoms with E-state index < -0.39 is 0 Å². The number of oxime groups is 1. The van der Waals surface area contributed by atoms with Crippen molar-refractivity contribution in [3.05, 3.63) is 28.5 Å². The van der Waals surface area contributed by atoms with E-state index in [2.05, 4.69) is 5.16 Å². The average Bonchev–Trinajstić information content (AvgIpc) is 2.59. The van der Waals surface area contributed by atoms with Gasteiger partial charge in [0.2, 0.25) is 0 Å². The molecule has 0 spiro atoms. The first-order valence-corrected chi connectivity index (χ1v) is 4.67. The first kappa shape index (κ1) is 9.00. The largest absolute Gasteiger partial charge is 0.411 e. The quantitative estimate of drug-likeness (QED) is 0.434. The lowest BCUT2D eigenvalue weighted by atomic mass is 10.2. The second-order valence-electron chi connectivity index (χ2n) is 2.29. The number of allylic oxidation sites excluding steroid dienone is 1. The highest BCUT2D eigenvalue weighted by atomic mass is 32.1. The van der Waals surface area contributed by atoms with Gasteiger partial charge in [-0.15, -0.1) is 11.3 Å². The zero-order valence-corrected chi connectivity index (χ0v) is 7.71. The summed E-state index contributed by atoms with van der Waals surface area (Å²) < 4.78 is 0. The predicted octanol–water partition coefficient (Wildman–Crippen LogP) is 3.00. The molecule has 0 aliphatic carbocycles. The van der Waals surface area contributed by atoms with Gasteiger partial charge in [0.25, 0.3) is 0 Å². The Morgan fingerprint density at radius 3 is 3.08 bits per heavy atom. The van der Waals surface area contributed by atoms with Gasteiger partial charge in [-0.05, 0) is 30.0 Å². The van der Waals surface area contributed by atoms with Crippen molar-refractivity contribution in [2.24, 2.45) is 5.16 Å². The van der Waals surface area contributed by atoms with Gasteiger partial charge in [-0.2, -0.15) is 0 Å². The number of thiophene rings is 1. The van der Waals surface area contributed by atoms with Crippen LogP contribution in [0.5, 0.6) is 0 Å². The summed E-state index contributed by atoms with van der Waals surface area (Å²) in [5, 5.41) is 13.7. The number of rotatable bonds is 3. The van der Waals surface area contributed by atoms with E-state index in [0.29, 0.717) is 5.71 Å². The molecule has 0 radical (unpaired) electrons. The van der Waals surface area contributed by atoms with Gasteiger partial charge in [0.15, 0.2) is 0 Å². The summed E-state index contributed by atoms with van der Waals surface area (Å²) in [6.07, 6.45) is 4.52. The normalized spacial score (nSPS) is 12.6. The molecule has 0 unspecified atom stereocenters. The van der Waals surface area contributed by atoms with Crippen LogP contribution >= 0.6 is 11.3 Å². The van der Waals surface area contributed by atoms with Gasteiger partial charge < -0.3 is 5.21 Å². The first-order valence-electron chi connectivity index (χ1n) is 3.79. The molecule has 1 rings (SSSR count). The van der Waals surface area contributed by atoms with Crippen molar-refractivity contribution in [3.63, 3.8) is 0 Å². The van der Waals surface area contributed by atoms with E-state index in [1.165, 1.54) is 4.88 Å². The Balaban J connectivity index is 2.62. The summed E-state index contributed by atoms with van der Waals surface area (Å²) >= 11 is 1.66. The Morgan fingerprint density at radius 1 is 1.75 bits per heavy atom. The third-order valence-electron chi connectivity index (χ3n) is 1.47. The molecule has 3 heteroatoms. The van der Waals surface area contributed by atoms with E-state index in [9.17, 15) is 0 Å². The zero-order valence-electron chi connectivity index (χ0n) is 6.90. The van der Waals surface area contributed by atoms with Gasteiger partial charge in [0, 0.05) is 4.88 Å². The molecule has 0 saturated heterocycles. The van der Waals surface area contributed by atoms with Gasteiger partial charge in [-0.25, -0.2) is 0 Å². The van der Waals surface area contributed by atoms with Crippen LogP contribution < -0.4 is 0 Å². The maximum Gasteiger partial charge on any atom is 0.0793 e. The van der Waals surface area contributed by atoms with Gasteiger partial charge in [0.05, 0.1) is 5.71 Å².